The standard InChI is InChI=1S/C18H23N3O2S/c1-23-9-8-19-11-17(22)21-18-20-16(12-24-18)15-7-6-13-4-2-3-5-14(13)10-15/h6-7,10,12,19H,2-5,8-9,11H2,1H3,(H,20,21,22). The molecular formula is C18H23N3O2S. The molecule has 0 radical (unpaired) electrons. The Bertz CT molecular complexity index is 699. The van der Waals surface area contributed by atoms with Crippen molar-refractivity contribution in [3.05, 3.63) is 34.7 Å². The molecule has 2 aromatic rings. The summed E-state index contributed by atoms with van der Waals surface area (Å²) in [7, 11) is 1.64. The minimum Gasteiger partial charge on any atom is -0.383 e. The van der Waals surface area contributed by atoms with Crippen molar-refractivity contribution in [2.24, 2.45) is 0 Å². The largest absolute Gasteiger partial charge is 0.383 e. The van der Waals surface area contributed by atoms with Crippen molar-refractivity contribution in [3.8, 4) is 11.3 Å². The van der Waals surface area contributed by atoms with Crippen molar-refractivity contribution >= 4 is 22.4 Å². The monoisotopic (exact) mass is 345 g/mol. The number of nitrogens with one attached hydrogen (secondary N) is 2. The first kappa shape index (κ1) is 17.1. The number of fused-ring (bicyclic) bond motifs is 1. The maximum absolute atomic E-state index is 11.9. The van der Waals surface area contributed by atoms with E-state index < -0.39 is 0 Å². The van der Waals surface area contributed by atoms with Crippen LogP contribution in [-0.2, 0) is 22.4 Å². The predicted molar refractivity (Wildman–Crippen MR) is 97.6 cm³/mol. The fraction of sp³-hybridized carbons (Fsp3) is 0.444. The summed E-state index contributed by atoms with van der Waals surface area (Å²) >= 11 is 1.46. The zero-order valence-electron chi connectivity index (χ0n) is 13.9. The number of rotatable bonds is 7. The van der Waals surface area contributed by atoms with Crippen molar-refractivity contribution in [1.29, 1.82) is 0 Å². The highest BCUT2D eigenvalue weighted by Crippen LogP contribution is 2.29. The average molecular weight is 345 g/mol. The highest BCUT2D eigenvalue weighted by Gasteiger charge is 2.12. The number of amides is 1. The molecule has 0 bridgehead atoms. The van der Waals surface area contributed by atoms with Gasteiger partial charge in [-0.25, -0.2) is 4.98 Å². The molecular weight excluding hydrogens is 322 g/mol. The highest BCUT2D eigenvalue weighted by molar-refractivity contribution is 7.14. The molecule has 1 aromatic heterocycles. The summed E-state index contributed by atoms with van der Waals surface area (Å²) in [5, 5.41) is 8.49. The highest BCUT2D eigenvalue weighted by atomic mass is 32.1. The van der Waals surface area contributed by atoms with E-state index >= 15 is 0 Å². The third-order valence-electron chi connectivity index (χ3n) is 4.16. The Labute approximate surface area is 146 Å². The van der Waals surface area contributed by atoms with Crippen LogP contribution in [0.2, 0.25) is 0 Å². The van der Waals surface area contributed by atoms with Crippen LogP contribution in [0.5, 0.6) is 0 Å². The molecule has 3 rings (SSSR count). The Morgan fingerprint density at radius 3 is 2.96 bits per heavy atom. The molecule has 0 saturated heterocycles. The topological polar surface area (TPSA) is 63.2 Å². The van der Waals surface area contributed by atoms with Gasteiger partial charge in [-0.2, -0.15) is 0 Å². The van der Waals surface area contributed by atoms with Crippen molar-refractivity contribution in [1.82, 2.24) is 10.3 Å². The van der Waals surface area contributed by atoms with Crippen molar-refractivity contribution in [3.63, 3.8) is 0 Å². The first-order valence-electron chi connectivity index (χ1n) is 8.33. The molecule has 1 aliphatic rings. The summed E-state index contributed by atoms with van der Waals surface area (Å²) in [5.74, 6) is -0.0857. The molecule has 0 unspecified atom stereocenters. The molecule has 0 atom stereocenters. The van der Waals surface area contributed by atoms with Crippen LogP contribution < -0.4 is 10.6 Å². The van der Waals surface area contributed by atoms with Gasteiger partial charge in [-0.3, -0.25) is 4.79 Å². The van der Waals surface area contributed by atoms with Crippen LogP contribution in [0.15, 0.2) is 23.6 Å². The maximum atomic E-state index is 11.9. The second-order valence-corrected chi connectivity index (χ2v) is 6.80. The van der Waals surface area contributed by atoms with E-state index in [1.165, 1.54) is 41.7 Å². The van der Waals surface area contributed by atoms with E-state index in [1.807, 2.05) is 5.38 Å². The van der Waals surface area contributed by atoms with Gasteiger partial charge in [0.1, 0.15) is 0 Å². The minimum absolute atomic E-state index is 0.0857. The van der Waals surface area contributed by atoms with Crippen LogP contribution in [0.3, 0.4) is 0 Å². The van der Waals surface area contributed by atoms with Crippen LogP contribution in [-0.4, -0.2) is 37.7 Å². The number of carbonyl (C=O) groups is 1. The van der Waals surface area contributed by atoms with Gasteiger partial charge in [-0.1, -0.05) is 12.1 Å². The Balaban J connectivity index is 1.60. The Morgan fingerprint density at radius 1 is 1.29 bits per heavy atom. The first-order valence-corrected chi connectivity index (χ1v) is 9.21. The van der Waals surface area contributed by atoms with Crippen molar-refractivity contribution in [2.75, 3.05) is 32.1 Å². The van der Waals surface area contributed by atoms with Gasteiger partial charge in [0.2, 0.25) is 5.91 Å². The van der Waals surface area contributed by atoms with Crippen LogP contribution in [0.25, 0.3) is 11.3 Å². The van der Waals surface area contributed by atoms with E-state index in [9.17, 15) is 4.79 Å². The normalized spacial score (nSPS) is 13.5. The predicted octanol–water partition coefficient (Wildman–Crippen LogP) is 2.86. The summed E-state index contributed by atoms with van der Waals surface area (Å²) in [6.45, 7) is 1.51. The van der Waals surface area contributed by atoms with Crippen molar-refractivity contribution in [2.45, 2.75) is 25.7 Å². The number of aromatic nitrogens is 1. The first-order chi connectivity index (χ1) is 11.8. The number of anilines is 1. The number of hydrogen-bond acceptors (Lipinski definition) is 5. The molecule has 24 heavy (non-hydrogen) atoms. The average Bonchev–Trinajstić information content (AvgIpc) is 3.07. The fourth-order valence-corrected chi connectivity index (χ4v) is 3.63. The lowest BCUT2D eigenvalue weighted by molar-refractivity contribution is -0.115. The van der Waals surface area contributed by atoms with Gasteiger partial charge in [0.05, 0.1) is 18.8 Å². The zero-order chi connectivity index (χ0) is 16.8. The molecule has 0 saturated carbocycles. The molecule has 5 nitrogen and oxygen atoms in total. The van der Waals surface area contributed by atoms with E-state index in [4.69, 9.17) is 4.74 Å². The van der Waals surface area contributed by atoms with Crippen molar-refractivity contribution < 1.29 is 9.53 Å². The Morgan fingerprint density at radius 2 is 2.12 bits per heavy atom. The Hall–Kier alpha value is -1.76. The molecule has 0 aliphatic heterocycles. The minimum atomic E-state index is -0.0857. The number of thiazole rings is 1. The lowest BCUT2D eigenvalue weighted by Gasteiger charge is -2.16. The van der Waals surface area contributed by atoms with Crippen LogP contribution in [0.4, 0.5) is 5.13 Å². The van der Waals surface area contributed by atoms with E-state index in [0.29, 0.717) is 18.3 Å². The number of carbonyl (C=O) groups excluding carboxylic acids is 1. The molecule has 1 heterocycles. The van der Waals surface area contributed by atoms with Gasteiger partial charge in [-0.15, -0.1) is 11.3 Å². The number of hydrogen-bond donors (Lipinski definition) is 2. The molecule has 1 amide bonds. The molecule has 0 spiro atoms. The summed E-state index contributed by atoms with van der Waals surface area (Å²) in [4.78, 5) is 16.4. The molecule has 0 fully saturated rings. The lowest BCUT2D eigenvalue weighted by Crippen LogP contribution is -2.30. The zero-order valence-corrected chi connectivity index (χ0v) is 14.7. The van der Waals surface area contributed by atoms with Gasteiger partial charge >= 0.3 is 0 Å². The SMILES string of the molecule is COCCNCC(=O)Nc1nc(-c2ccc3c(c2)CCCC3)cs1. The number of nitrogens with zero attached hydrogens (tertiary/aromatic N) is 1. The van der Waals surface area contributed by atoms with E-state index in [2.05, 4.69) is 33.8 Å². The smallest absolute Gasteiger partial charge is 0.240 e. The van der Waals surface area contributed by atoms with Gasteiger partial charge in [0.25, 0.3) is 0 Å². The van der Waals surface area contributed by atoms with Gasteiger partial charge < -0.3 is 15.4 Å². The fourth-order valence-electron chi connectivity index (χ4n) is 2.90. The summed E-state index contributed by atoms with van der Waals surface area (Å²) in [5.41, 5.74) is 4.97. The van der Waals surface area contributed by atoms with Crippen LogP contribution in [0, 0.1) is 0 Å². The number of ether oxygens (including phenoxy) is 1. The molecule has 128 valence electrons. The van der Waals surface area contributed by atoms with E-state index in [-0.39, 0.29) is 12.5 Å². The van der Waals surface area contributed by atoms with Gasteiger partial charge in [-0.05, 0) is 42.9 Å². The lowest BCUT2D eigenvalue weighted by atomic mass is 9.90. The molecule has 1 aromatic carbocycles. The third-order valence-corrected chi connectivity index (χ3v) is 4.92. The Kier molecular flexibility index (Phi) is 5.96. The number of benzene rings is 1. The summed E-state index contributed by atoms with van der Waals surface area (Å²) in [6.07, 6.45) is 4.90. The van der Waals surface area contributed by atoms with Crippen LogP contribution >= 0.6 is 11.3 Å². The number of aryl methyl sites for hydroxylation is 2. The second-order valence-electron chi connectivity index (χ2n) is 5.95. The van der Waals surface area contributed by atoms with E-state index in [1.54, 1.807) is 7.11 Å². The summed E-state index contributed by atoms with van der Waals surface area (Å²) in [6, 6.07) is 6.61. The molecule has 1 aliphatic carbocycles. The number of methoxy groups -OCH3 is 1. The van der Waals surface area contributed by atoms with Crippen LogP contribution in [0.1, 0.15) is 24.0 Å². The second kappa shape index (κ2) is 8.37. The summed E-state index contributed by atoms with van der Waals surface area (Å²) < 4.78 is 4.93. The quantitative estimate of drug-likeness (QED) is 0.758. The van der Waals surface area contributed by atoms with E-state index in [0.717, 1.165) is 17.7 Å². The third kappa shape index (κ3) is 4.41. The molecule has 6 heteroatoms. The maximum Gasteiger partial charge on any atom is 0.240 e. The van der Waals surface area contributed by atoms with Gasteiger partial charge in [0.15, 0.2) is 5.13 Å². The molecule has 2 N–H and O–H groups in total. The van der Waals surface area contributed by atoms with Gasteiger partial charge in [0, 0.05) is 24.6 Å².